The van der Waals surface area contributed by atoms with E-state index in [-0.39, 0.29) is 11.5 Å². The highest BCUT2D eigenvalue weighted by Gasteiger charge is 2.17. The molecule has 188 valence electrons. The van der Waals surface area contributed by atoms with Crippen molar-refractivity contribution in [2.45, 2.75) is 13.8 Å². The molecule has 4 aromatic heterocycles. The van der Waals surface area contributed by atoms with Crippen LogP contribution in [-0.2, 0) is 7.05 Å². The van der Waals surface area contributed by atoms with Gasteiger partial charge >= 0.3 is 0 Å². The maximum atomic E-state index is 13.3. The van der Waals surface area contributed by atoms with Crippen molar-refractivity contribution in [2.24, 2.45) is 7.05 Å². The SMILES string of the molecule is Cc1cn2cc(-c3ccc(-c4c(C)on(C)c4=O)cc3)cc2c(C(=O)Nc2cccc(-c3ncc[nH]3)c2)n1. The van der Waals surface area contributed by atoms with Crippen LogP contribution in [0.3, 0.4) is 0 Å². The van der Waals surface area contributed by atoms with E-state index in [0.717, 1.165) is 33.8 Å². The highest BCUT2D eigenvalue weighted by molar-refractivity contribution is 6.08. The van der Waals surface area contributed by atoms with Crippen LogP contribution in [0.15, 0.2) is 88.7 Å². The van der Waals surface area contributed by atoms with Crippen molar-refractivity contribution in [3.05, 3.63) is 107 Å². The molecule has 0 saturated heterocycles. The largest absolute Gasteiger partial charge is 0.381 e. The maximum Gasteiger partial charge on any atom is 0.290 e. The molecular formula is C29H24N6O3. The molecule has 6 rings (SSSR count). The molecule has 0 atom stereocenters. The van der Waals surface area contributed by atoms with E-state index in [9.17, 15) is 9.59 Å². The van der Waals surface area contributed by atoms with Crippen molar-refractivity contribution >= 4 is 17.1 Å². The summed E-state index contributed by atoms with van der Waals surface area (Å²) in [5.41, 5.74) is 6.30. The second-order valence-electron chi connectivity index (χ2n) is 9.13. The summed E-state index contributed by atoms with van der Waals surface area (Å²) in [6.45, 7) is 3.64. The minimum absolute atomic E-state index is 0.170. The molecule has 0 bridgehead atoms. The number of anilines is 1. The summed E-state index contributed by atoms with van der Waals surface area (Å²) in [5.74, 6) is 0.996. The molecule has 1 amide bonds. The predicted octanol–water partition coefficient (Wildman–Crippen LogP) is 5.22. The molecule has 0 aliphatic heterocycles. The minimum atomic E-state index is -0.304. The third-order valence-corrected chi connectivity index (χ3v) is 6.45. The number of imidazole rings is 1. The number of H-pyrrole nitrogens is 1. The number of nitrogens with zero attached hydrogens (tertiary/aromatic N) is 4. The van der Waals surface area contributed by atoms with Gasteiger partial charge in [-0.05, 0) is 43.2 Å². The zero-order chi connectivity index (χ0) is 26.4. The van der Waals surface area contributed by atoms with E-state index in [4.69, 9.17) is 4.52 Å². The van der Waals surface area contributed by atoms with Crippen molar-refractivity contribution in [1.82, 2.24) is 24.1 Å². The lowest BCUT2D eigenvalue weighted by Crippen LogP contribution is -2.15. The van der Waals surface area contributed by atoms with Gasteiger partial charge in [-0.2, -0.15) is 4.74 Å². The maximum absolute atomic E-state index is 13.3. The van der Waals surface area contributed by atoms with Gasteiger partial charge in [-0.3, -0.25) is 9.59 Å². The molecule has 9 nitrogen and oxygen atoms in total. The van der Waals surface area contributed by atoms with Crippen LogP contribution in [0.25, 0.3) is 39.2 Å². The molecule has 0 aliphatic carbocycles. The molecule has 0 aliphatic rings. The Hall–Kier alpha value is -5.18. The van der Waals surface area contributed by atoms with Gasteiger partial charge in [0.05, 0.1) is 16.8 Å². The fourth-order valence-corrected chi connectivity index (χ4v) is 4.68. The van der Waals surface area contributed by atoms with Gasteiger partial charge < -0.3 is 19.2 Å². The number of carbonyl (C=O) groups excluding carboxylic acids is 1. The summed E-state index contributed by atoms with van der Waals surface area (Å²) in [6.07, 6.45) is 7.30. The topological polar surface area (TPSA) is 110 Å². The summed E-state index contributed by atoms with van der Waals surface area (Å²) in [6, 6.07) is 17.1. The van der Waals surface area contributed by atoms with Crippen molar-refractivity contribution in [3.8, 4) is 33.6 Å². The van der Waals surface area contributed by atoms with Crippen LogP contribution in [-0.4, -0.2) is 30.0 Å². The number of fused-ring (bicyclic) bond motifs is 1. The molecule has 38 heavy (non-hydrogen) atoms. The molecule has 2 aromatic carbocycles. The van der Waals surface area contributed by atoms with Gasteiger partial charge in [-0.25, -0.2) is 9.97 Å². The number of rotatable bonds is 5. The Morgan fingerprint density at radius 2 is 1.76 bits per heavy atom. The average molecular weight is 505 g/mol. The standard InChI is InChI=1S/C29H24N6O3/c1-17-15-35-16-22(19-7-9-20(10-8-19)25-18(2)38-34(3)29(25)37)14-24(35)26(32-17)28(36)33-23-6-4-5-21(13-23)27-30-11-12-31-27/h4-16H,1-3H3,(H,30,31)(H,33,36). The van der Waals surface area contributed by atoms with Gasteiger partial charge in [0.1, 0.15) is 11.6 Å². The zero-order valence-electron chi connectivity index (χ0n) is 21.0. The first-order chi connectivity index (χ1) is 18.4. The van der Waals surface area contributed by atoms with E-state index < -0.39 is 0 Å². The number of benzene rings is 2. The second kappa shape index (κ2) is 9.04. The lowest BCUT2D eigenvalue weighted by atomic mass is 10.0. The predicted molar refractivity (Wildman–Crippen MR) is 145 cm³/mol. The van der Waals surface area contributed by atoms with E-state index in [0.29, 0.717) is 28.2 Å². The Morgan fingerprint density at radius 3 is 2.47 bits per heavy atom. The summed E-state index contributed by atoms with van der Waals surface area (Å²) in [4.78, 5) is 37.7. The van der Waals surface area contributed by atoms with Crippen LogP contribution in [0.1, 0.15) is 21.9 Å². The Bertz CT molecular complexity index is 1860. The number of nitrogens with one attached hydrogen (secondary N) is 2. The molecule has 0 fully saturated rings. The highest BCUT2D eigenvalue weighted by Crippen LogP contribution is 2.28. The molecule has 4 heterocycles. The molecule has 9 heteroatoms. The number of aromatic amines is 1. The average Bonchev–Trinajstić information content (AvgIpc) is 3.64. The number of aromatic nitrogens is 5. The van der Waals surface area contributed by atoms with Crippen LogP contribution in [0.2, 0.25) is 0 Å². The third-order valence-electron chi connectivity index (χ3n) is 6.45. The minimum Gasteiger partial charge on any atom is -0.381 e. The zero-order valence-corrected chi connectivity index (χ0v) is 21.0. The fourth-order valence-electron chi connectivity index (χ4n) is 4.68. The summed E-state index contributed by atoms with van der Waals surface area (Å²) in [7, 11) is 1.60. The molecule has 6 aromatic rings. The van der Waals surface area contributed by atoms with E-state index in [1.54, 1.807) is 26.4 Å². The van der Waals surface area contributed by atoms with Gasteiger partial charge in [-0.1, -0.05) is 36.4 Å². The quantitative estimate of drug-likeness (QED) is 0.335. The smallest absolute Gasteiger partial charge is 0.290 e. The van der Waals surface area contributed by atoms with Crippen LogP contribution < -0.4 is 10.9 Å². The van der Waals surface area contributed by atoms with Crippen LogP contribution in [0, 0.1) is 13.8 Å². The lowest BCUT2D eigenvalue weighted by Gasteiger charge is -2.08. The van der Waals surface area contributed by atoms with E-state index in [1.807, 2.05) is 78.3 Å². The monoisotopic (exact) mass is 504 g/mol. The first-order valence-corrected chi connectivity index (χ1v) is 12.1. The van der Waals surface area contributed by atoms with Crippen molar-refractivity contribution in [3.63, 3.8) is 0 Å². The van der Waals surface area contributed by atoms with Gasteiger partial charge in [-0.15, -0.1) is 0 Å². The number of hydrogen-bond donors (Lipinski definition) is 2. The second-order valence-corrected chi connectivity index (χ2v) is 9.13. The van der Waals surface area contributed by atoms with Crippen LogP contribution in [0.5, 0.6) is 0 Å². The van der Waals surface area contributed by atoms with Crippen molar-refractivity contribution < 1.29 is 9.32 Å². The number of hydrogen-bond acceptors (Lipinski definition) is 5. The number of carbonyl (C=O) groups is 1. The van der Waals surface area contributed by atoms with E-state index in [2.05, 4.69) is 20.3 Å². The molecule has 0 unspecified atom stereocenters. The van der Waals surface area contributed by atoms with Crippen LogP contribution >= 0.6 is 0 Å². The molecular weight excluding hydrogens is 480 g/mol. The lowest BCUT2D eigenvalue weighted by molar-refractivity contribution is 0.102. The normalized spacial score (nSPS) is 11.2. The van der Waals surface area contributed by atoms with E-state index in [1.165, 1.54) is 4.74 Å². The first-order valence-electron chi connectivity index (χ1n) is 12.1. The Labute approximate surface area is 217 Å². The van der Waals surface area contributed by atoms with E-state index >= 15 is 0 Å². The Morgan fingerprint density at radius 1 is 0.974 bits per heavy atom. The third kappa shape index (κ3) is 4.09. The summed E-state index contributed by atoms with van der Waals surface area (Å²) in [5, 5.41) is 2.97. The van der Waals surface area contributed by atoms with Crippen LogP contribution in [0.4, 0.5) is 5.69 Å². The molecule has 2 N–H and O–H groups in total. The molecule has 0 saturated carbocycles. The number of amides is 1. The summed E-state index contributed by atoms with van der Waals surface area (Å²) < 4.78 is 8.56. The first kappa shape index (κ1) is 23.2. The van der Waals surface area contributed by atoms with Gasteiger partial charge in [0, 0.05) is 48.6 Å². The highest BCUT2D eigenvalue weighted by atomic mass is 16.5. The molecule has 0 radical (unpaired) electrons. The number of aryl methyl sites for hydroxylation is 3. The fraction of sp³-hybridized carbons (Fsp3) is 0.103. The van der Waals surface area contributed by atoms with Gasteiger partial charge in [0.25, 0.3) is 11.5 Å². The Balaban J connectivity index is 1.32. The molecule has 0 spiro atoms. The van der Waals surface area contributed by atoms with Gasteiger partial charge in [0.15, 0.2) is 5.69 Å². The summed E-state index contributed by atoms with van der Waals surface area (Å²) >= 11 is 0. The van der Waals surface area contributed by atoms with Crippen molar-refractivity contribution in [2.75, 3.05) is 5.32 Å². The van der Waals surface area contributed by atoms with Gasteiger partial charge in [0.2, 0.25) is 0 Å². The van der Waals surface area contributed by atoms with Crippen molar-refractivity contribution in [1.29, 1.82) is 0 Å². The Kier molecular flexibility index (Phi) is 5.53.